The molecule has 0 saturated heterocycles. The summed E-state index contributed by atoms with van der Waals surface area (Å²) in [7, 11) is 0. The van der Waals surface area contributed by atoms with Gasteiger partial charge in [0.2, 0.25) is 0 Å². The summed E-state index contributed by atoms with van der Waals surface area (Å²) in [6, 6.07) is 12.7. The number of nitrogens with zero attached hydrogens (tertiary/aromatic N) is 1. The van der Waals surface area contributed by atoms with Crippen molar-refractivity contribution in [1.82, 2.24) is 4.98 Å². The first kappa shape index (κ1) is 21.4. The molecule has 2 nitrogen and oxygen atoms in total. The van der Waals surface area contributed by atoms with E-state index in [1.54, 1.807) is 6.20 Å². The number of hydrogen-bond donors (Lipinski definition) is 0. The van der Waals surface area contributed by atoms with Crippen molar-refractivity contribution in [2.24, 2.45) is 5.92 Å². The van der Waals surface area contributed by atoms with Gasteiger partial charge in [-0.25, -0.2) is 4.98 Å². The van der Waals surface area contributed by atoms with Crippen LogP contribution in [0.2, 0.25) is 0 Å². The monoisotopic (exact) mass is 389 g/mol. The van der Waals surface area contributed by atoms with Crippen molar-refractivity contribution in [1.29, 1.82) is 0 Å². The second kappa shape index (κ2) is 11.7. The number of pyridine rings is 1. The minimum Gasteiger partial charge on any atom is -0.492 e. The van der Waals surface area contributed by atoms with Crippen LogP contribution in [0.3, 0.4) is 0 Å². The van der Waals surface area contributed by atoms with Gasteiger partial charge in [0.1, 0.15) is 11.4 Å². The van der Waals surface area contributed by atoms with Crippen molar-refractivity contribution in [3.8, 4) is 17.6 Å². The van der Waals surface area contributed by atoms with Crippen LogP contribution < -0.4 is 4.74 Å². The molecule has 2 aromatic rings. The molecule has 1 fully saturated rings. The third-order valence-electron chi connectivity index (χ3n) is 6.14. The lowest BCUT2D eigenvalue weighted by atomic mass is 9.78. The van der Waals surface area contributed by atoms with Crippen molar-refractivity contribution in [3.05, 3.63) is 59.4 Å². The summed E-state index contributed by atoms with van der Waals surface area (Å²) in [4.78, 5) is 4.42. The standard InChI is InChI=1S/C27H35NO/c1-3-5-6-7-20-29-27-19-18-26(28-21-27)17-12-23-10-15-25(16-11-23)24-13-8-22(4-2)9-14-24/h10-11,15-16,18-19,21-22,24H,3-9,13-14,20H2,1-2H3/t22-,24-. The topological polar surface area (TPSA) is 22.1 Å². The van der Waals surface area contributed by atoms with Gasteiger partial charge >= 0.3 is 0 Å². The molecule has 1 saturated carbocycles. The fourth-order valence-electron chi connectivity index (χ4n) is 4.14. The van der Waals surface area contributed by atoms with E-state index < -0.39 is 0 Å². The Morgan fingerprint density at radius 3 is 2.34 bits per heavy atom. The molecule has 29 heavy (non-hydrogen) atoms. The minimum atomic E-state index is 0.732. The van der Waals surface area contributed by atoms with Crippen LogP contribution in [0.5, 0.6) is 5.75 Å². The highest BCUT2D eigenvalue weighted by Crippen LogP contribution is 2.36. The maximum absolute atomic E-state index is 5.74. The predicted molar refractivity (Wildman–Crippen MR) is 121 cm³/mol. The van der Waals surface area contributed by atoms with Crippen LogP contribution in [-0.2, 0) is 0 Å². The van der Waals surface area contributed by atoms with E-state index in [1.807, 2.05) is 12.1 Å². The van der Waals surface area contributed by atoms with Crippen LogP contribution in [0, 0.1) is 17.8 Å². The van der Waals surface area contributed by atoms with Gasteiger partial charge in [-0.05, 0) is 79.7 Å². The average molecular weight is 390 g/mol. The molecule has 1 aromatic carbocycles. The van der Waals surface area contributed by atoms with Crippen LogP contribution in [0.4, 0.5) is 0 Å². The average Bonchev–Trinajstić information content (AvgIpc) is 2.79. The van der Waals surface area contributed by atoms with Crippen molar-refractivity contribution >= 4 is 0 Å². The molecule has 2 heteroatoms. The molecule has 1 aliphatic carbocycles. The molecule has 3 rings (SSSR count). The molecule has 0 spiro atoms. The largest absolute Gasteiger partial charge is 0.492 e. The second-order valence-corrected chi connectivity index (χ2v) is 8.29. The summed E-state index contributed by atoms with van der Waals surface area (Å²) in [5.41, 5.74) is 3.31. The Labute approximate surface area is 177 Å². The molecule has 1 aromatic heterocycles. The van der Waals surface area contributed by atoms with Gasteiger partial charge in [0.15, 0.2) is 0 Å². The molecule has 0 radical (unpaired) electrons. The van der Waals surface area contributed by atoms with Crippen LogP contribution in [0.15, 0.2) is 42.6 Å². The highest BCUT2D eigenvalue weighted by Gasteiger charge is 2.20. The summed E-state index contributed by atoms with van der Waals surface area (Å²) in [5, 5.41) is 0. The maximum Gasteiger partial charge on any atom is 0.137 e. The van der Waals surface area contributed by atoms with E-state index in [4.69, 9.17) is 4.74 Å². The molecule has 0 atom stereocenters. The van der Waals surface area contributed by atoms with Crippen LogP contribution in [0.1, 0.15) is 94.4 Å². The Bertz CT molecular complexity index is 774. The Morgan fingerprint density at radius 2 is 1.69 bits per heavy atom. The fraction of sp³-hybridized carbons (Fsp3) is 0.519. The molecular weight excluding hydrogens is 354 g/mol. The zero-order valence-corrected chi connectivity index (χ0v) is 18.1. The number of aromatic nitrogens is 1. The SMILES string of the molecule is CCCCCCOc1ccc(C#Cc2ccc([C@H]3CC[C@H](CC)CC3)cc2)nc1. The molecule has 1 aliphatic rings. The predicted octanol–water partition coefficient (Wildman–Crippen LogP) is 7.12. The molecule has 0 amide bonds. The quantitative estimate of drug-likeness (QED) is 0.354. The van der Waals surface area contributed by atoms with Gasteiger partial charge in [-0.2, -0.15) is 0 Å². The summed E-state index contributed by atoms with van der Waals surface area (Å²) in [6.45, 7) is 5.30. The highest BCUT2D eigenvalue weighted by atomic mass is 16.5. The van der Waals surface area contributed by atoms with Gasteiger partial charge in [0.25, 0.3) is 0 Å². The first-order valence-corrected chi connectivity index (χ1v) is 11.5. The van der Waals surface area contributed by atoms with Crippen molar-refractivity contribution in [3.63, 3.8) is 0 Å². The fourth-order valence-corrected chi connectivity index (χ4v) is 4.14. The van der Waals surface area contributed by atoms with E-state index in [0.29, 0.717) is 0 Å². The Hall–Kier alpha value is -2.27. The van der Waals surface area contributed by atoms with Gasteiger partial charge in [-0.1, -0.05) is 57.6 Å². The summed E-state index contributed by atoms with van der Waals surface area (Å²) >= 11 is 0. The number of rotatable bonds is 8. The summed E-state index contributed by atoms with van der Waals surface area (Å²) in [5.74, 6) is 8.91. The van der Waals surface area contributed by atoms with Crippen molar-refractivity contribution < 1.29 is 4.74 Å². The Kier molecular flexibility index (Phi) is 8.62. The third-order valence-corrected chi connectivity index (χ3v) is 6.14. The smallest absolute Gasteiger partial charge is 0.137 e. The zero-order chi connectivity index (χ0) is 20.3. The van der Waals surface area contributed by atoms with E-state index in [0.717, 1.165) is 41.9 Å². The highest BCUT2D eigenvalue weighted by molar-refractivity contribution is 5.42. The first-order valence-electron chi connectivity index (χ1n) is 11.5. The maximum atomic E-state index is 5.74. The van der Waals surface area contributed by atoms with Gasteiger partial charge < -0.3 is 4.74 Å². The van der Waals surface area contributed by atoms with Crippen LogP contribution >= 0.6 is 0 Å². The van der Waals surface area contributed by atoms with Gasteiger partial charge in [-0.3, -0.25) is 0 Å². The summed E-state index contributed by atoms with van der Waals surface area (Å²) in [6.07, 6.45) is 13.4. The van der Waals surface area contributed by atoms with E-state index in [1.165, 1.54) is 56.9 Å². The lowest BCUT2D eigenvalue weighted by Gasteiger charge is -2.28. The third kappa shape index (κ3) is 6.93. The molecule has 0 unspecified atom stereocenters. The van der Waals surface area contributed by atoms with E-state index in [-0.39, 0.29) is 0 Å². The van der Waals surface area contributed by atoms with Crippen molar-refractivity contribution in [2.45, 2.75) is 77.6 Å². The van der Waals surface area contributed by atoms with Gasteiger partial charge in [0, 0.05) is 5.56 Å². The van der Waals surface area contributed by atoms with Gasteiger partial charge in [0.05, 0.1) is 12.8 Å². The molecule has 1 heterocycles. The Balaban J connectivity index is 1.49. The molecular formula is C27H35NO. The van der Waals surface area contributed by atoms with Crippen molar-refractivity contribution in [2.75, 3.05) is 6.61 Å². The lowest BCUT2D eigenvalue weighted by Crippen LogP contribution is -2.12. The lowest BCUT2D eigenvalue weighted by molar-refractivity contribution is 0.304. The Morgan fingerprint density at radius 1 is 0.897 bits per heavy atom. The number of benzene rings is 1. The van der Waals surface area contributed by atoms with E-state index in [9.17, 15) is 0 Å². The number of hydrogen-bond acceptors (Lipinski definition) is 2. The molecule has 0 N–H and O–H groups in total. The van der Waals surface area contributed by atoms with Crippen LogP contribution in [-0.4, -0.2) is 11.6 Å². The van der Waals surface area contributed by atoms with Crippen LogP contribution in [0.25, 0.3) is 0 Å². The number of unbranched alkanes of at least 4 members (excludes halogenated alkanes) is 3. The van der Waals surface area contributed by atoms with E-state index in [2.05, 4.69) is 54.9 Å². The zero-order valence-electron chi connectivity index (χ0n) is 18.1. The van der Waals surface area contributed by atoms with Gasteiger partial charge in [-0.15, -0.1) is 0 Å². The molecule has 154 valence electrons. The summed E-state index contributed by atoms with van der Waals surface area (Å²) < 4.78 is 5.74. The van der Waals surface area contributed by atoms with E-state index >= 15 is 0 Å². The first-order chi connectivity index (χ1) is 14.3. The molecule has 0 aliphatic heterocycles. The number of ether oxygens (including phenoxy) is 1. The molecule has 0 bridgehead atoms. The minimum absolute atomic E-state index is 0.732. The second-order valence-electron chi connectivity index (χ2n) is 8.29. The normalized spacial score (nSPS) is 18.7.